The number of hydrogen-bond acceptors (Lipinski definition) is 3. The summed E-state index contributed by atoms with van der Waals surface area (Å²) in [6.07, 6.45) is 0.137. The van der Waals surface area contributed by atoms with E-state index in [0.29, 0.717) is 0 Å². The molecule has 0 bridgehead atoms. The van der Waals surface area contributed by atoms with Crippen LogP contribution < -0.4 is 5.32 Å². The van der Waals surface area contributed by atoms with Gasteiger partial charge < -0.3 is 0 Å². The lowest BCUT2D eigenvalue weighted by atomic mass is 10.1. The number of imide groups is 1. The Morgan fingerprint density at radius 1 is 1.73 bits per heavy atom. The lowest BCUT2D eigenvalue weighted by molar-refractivity contribution is -0.125. The van der Waals surface area contributed by atoms with Crippen molar-refractivity contribution in [1.29, 1.82) is 0 Å². The van der Waals surface area contributed by atoms with E-state index in [0.717, 1.165) is 0 Å². The Balaban J connectivity index is 2.53. The van der Waals surface area contributed by atoms with Crippen molar-refractivity contribution in [1.82, 2.24) is 5.32 Å². The zero-order valence-corrected chi connectivity index (χ0v) is 5.65. The molecule has 2 amide bonds. The van der Waals surface area contributed by atoms with Crippen molar-refractivity contribution >= 4 is 11.8 Å². The number of rotatable bonds is 2. The highest BCUT2D eigenvalue weighted by atomic mass is 16.2. The Bertz CT molecular complexity index is 243. The molecule has 1 rings (SSSR count). The SMILES string of the molecule is [N-]=[N+]=NCC1CC(=O)NC1=O. The van der Waals surface area contributed by atoms with Gasteiger partial charge in [-0.15, -0.1) is 0 Å². The van der Waals surface area contributed by atoms with Gasteiger partial charge in [0.1, 0.15) is 0 Å². The van der Waals surface area contributed by atoms with Crippen LogP contribution in [0.3, 0.4) is 0 Å². The van der Waals surface area contributed by atoms with Gasteiger partial charge in [0, 0.05) is 17.9 Å². The van der Waals surface area contributed by atoms with Gasteiger partial charge in [-0.2, -0.15) is 0 Å². The van der Waals surface area contributed by atoms with E-state index in [1.54, 1.807) is 0 Å². The van der Waals surface area contributed by atoms with E-state index in [1.165, 1.54) is 0 Å². The topological polar surface area (TPSA) is 94.9 Å². The van der Waals surface area contributed by atoms with Gasteiger partial charge in [0.05, 0.1) is 5.92 Å². The third-order valence-corrected chi connectivity index (χ3v) is 1.43. The Morgan fingerprint density at radius 3 is 2.91 bits per heavy atom. The first-order chi connectivity index (χ1) is 5.24. The smallest absolute Gasteiger partial charge is 0.230 e. The fraction of sp³-hybridized carbons (Fsp3) is 0.600. The predicted octanol–water partition coefficient (Wildman–Crippen LogP) is -0.0406. The summed E-state index contributed by atoms with van der Waals surface area (Å²) >= 11 is 0. The number of hydrogen-bond donors (Lipinski definition) is 1. The highest BCUT2D eigenvalue weighted by Crippen LogP contribution is 2.10. The summed E-state index contributed by atoms with van der Waals surface area (Å²) < 4.78 is 0. The normalized spacial score (nSPS) is 22.7. The zero-order chi connectivity index (χ0) is 8.27. The quantitative estimate of drug-likeness (QED) is 0.261. The van der Waals surface area contributed by atoms with Crippen LogP contribution in [0.5, 0.6) is 0 Å². The summed E-state index contributed by atoms with van der Waals surface area (Å²) in [5, 5.41) is 5.32. The first kappa shape index (κ1) is 7.56. The van der Waals surface area contributed by atoms with Crippen LogP contribution in [-0.2, 0) is 9.59 Å². The summed E-state index contributed by atoms with van der Waals surface area (Å²) in [7, 11) is 0. The number of nitrogens with one attached hydrogen (secondary N) is 1. The molecular formula is C5H6N4O2. The average Bonchev–Trinajstić information content (AvgIpc) is 2.26. The van der Waals surface area contributed by atoms with Crippen molar-refractivity contribution in [3.63, 3.8) is 0 Å². The molecule has 0 saturated carbocycles. The van der Waals surface area contributed by atoms with Crippen molar-refractivity contribution in [2.75, 3.05) is 6.54 Å². The standard InChI is InChI=1S/C5H6N4O2/c6-9-7-2-3-1-4(10)8-5(3)11/h3H,1-2H2,(H,8,10,11). The Labute approximate surface area is 62.2 Å². The highest BCUT2D eigenvalue weighted by molar-refractivity contribution is 6.03. The zero-order valence-electron chi connectivity index (χ0n) is 5.65. The third-order valence-electron chi connectivity index (χ3n) is 1.43. The van der Waals surface area contributed by atoms with Gasteiger partial charge in [-0.25, -0.2) is 0 Å². The van der Waals surface area contributed by atoms with E-state index in [4.69, 9.17) is 5.53 Å². The van der Waals surface area contributed by atoms with Crippen molar-refractivity contribution in [2.24, 2.45) is 11.0 Å². The number of nitrogens with zero attached hydrogens (tertiary/aromatic N) is 3. The van der Waals surface area contributed by atoms with Crippen molar-refractivity contribution in [3.05, 3.63) is 10.4 Å². The van der Waals surface area contributed by atoms with Crippen LogP contribution in [0, 0.1) is 5.92 Å². The molecule has 0 aromatic heterocycles. The fourth-order valence-corrected chi connectivity index (χ4v) is 0.890. The lowest BCUT2D eigenvalue weighted by Crippen LogP contribution is -2.22. The molecule has 6 heteroatoms. The summed E-state index contributed by atoms with van der Waals surface area (Å²) in [6.45, 7) is 0.0636. The molecule has 1 N–H and O–H groups in total. The largest absolute Gasteiger partial charge is 0.296 e. The molecule has 0 aliphatic carbocycles. The van der Waals surface area contributed by atoms with Gasteiger partial charge in [-0.3, -0.25) is 14.9 Å². The van der Waals surface area contributed by atoms with Crippen LogP contribution >= 0.6 is 0 Å². The third kappa shape index (κ3) is 1.68. The molecule has 1 heterocycles. The van der Waals surface area contributed by atoms with E-state index in [1.807, 2.05) is 0 Å². The van der Waals surface area contributed by atoms with E-state index >= 15 is 0 Å². The molecule has 1 saturated heterocycles. The molecule has 11 heavy (non-hydrogen) atoms. The molecule has 0 radical (unpaired) electrons. The minimum absolute atomic E-state index is 0.0636. The fourth-order valence-electron chi connectivity index (χ4n) is 0.890. The molecular weight excluding hydrogens is 148 g/mol. The van der Waals surface area contributed by atoms with Crippen LogP contribution in [0.15, 0.2) is 5.11 Å². The van der Waals surface area contributed by atoms with Gasteiger partial charge in [-0.1, -0.05) is 5.11 Å². The molecule has 1 aliphatic rings. The molecule has 58 valence electrons. The Kier molecular flexibility index (Phi) is 2.08. The number of azide groups is 1. The average molecular weight is 154 g/mol. The minimum atomic E-state index is -0.460. The minimum Gasteiger partial charge on any atom is -0.296 e. The van der Waals surface area contributed by atoms with Crippen molar-refractivity contribution < 1.29 is 9.59 Å². The molecule has 1 atom stereocenters. The second-order valence-corrected chi connectivity index (χ2v) is 2.23. The number of carbonyl (C=O) groups is 2. The second-order valence-electron chi connectivity index (χ2n) is 2.23. The van der Waals surface area contributed by atoms with Crippen LogP contribution in [0.2, 0.25) is 0 Å². The summed E-state index contributed by atoms with van der Waals surface area (Å²) in [5.74, 6) is -1.10. The monoisotopic (exact) mass is 154 g/mol. The highest BCUT2D eigenvalue weighted by Gasteiger charge is 2.29. The second kappa shape index (κ2) is 3.03. The Hall–Kier alpha value is -1.55. The predicted molar refractivity (Wildman–Crippen MR) is 35.3 cm³/mol. The van der Waals surface area contributed by atoms with E-state index in [-0.39, 0.29) is 24.8 Å². The maximum Gasteiger partial charge on any atom is 0.230 e. The number of carbonyl (C=O) groups excluding carboxylic acids is 2. The van der Waals surface area contributed by atoms with Gasteiger partial charge >= 0.3 is 0 Å². The van der Waals surface area contributed by atoms with Crippen LogP contribution in [-0.4, -0.2) is 18.4 Å². The molecule has 1 aliphatic heterocycles. The Morgan fingerprint density at radius 2 is 2.45 bits per heavy atom. The first-order valence-corrected chi connectivity index (χ1v) is 3.08. The van der Waals surface area contributed by atoms with Gasteiger partial charge in [0.25, 0.3) is 0 Å². The molecule has 0 aromatic rings. The van der Waals surface area contributed by atoms with E-state index < -0.39 is 5.92 Å². The number of amides is 2. The summed E-state index contributed by atoms with van der Waals surface area (Å²) in [5.41, 5.74) is 7.92. The maximum absolute atomic E-state index is 10.8. The summed E-state index contributed by atoms with van der Waals surface area (Å²) in [6, 6.07) is 0. The lowest BCUT2D eigenvalue weighted by Gasteiger charge is -1.96. The van der Waals surface area contributed by atoms with Crippen molar-refractivity contribution in [3.8, 4) is 0 Å². The van der Waals surface area contributed by atoms with Gasteiger partial charge in [0.15, 0.2) is 0 Å². The molecule has 0 aromatic carbocycles. The van der Waals surface area contributed by atoms with Crippen LogP contribution in [0.25, 0.3) is 10.4 Å². The van der Waals surface area contributed by atoms with Crippen LogP contribution in [0.1, 0.15) is 6.42 Å². The first-order valence-electron chi connectivity index (χ1n) is 3.08. The van der Waals surface area contributed by atoms with Gasteiger partial charge in [-0.05, 0) is 5.53 Å². The van der Waals surface area contributed by atoms with Crippen molar-refractivity contribution in [2.45, 2.75) is 6.42 Å². The summed E-state index contributed by atoms with van der Waals surface area (Å²) in [4.78, 5) is 23.8. The van der Waals surface area contributed by atoms with E-state index in [2.05, 4.69) is 15.3 Å². The van der Waals surface area contributed by atoms with Gasteiger partial charge in [0.2, 0.25) is 11.8 Å². The molecule has 1 fully saturated rings. The molecule has 6 nitrogen and oxygen atoms in total. The molecule has 0 spiro atoms. The maximum atomic E-state index is 10.8. The van der Waals surface area contributed by atoms with E-state index in [9.17, 15) is 9.59 Å². The molecule has 1 unspecified atom stereocenters. The van der Waals surface area contributed by atoms with Crippen LogP contribution in [0.4, 0.5) is 0 Å².